The monoisotopic (exact) mass is 260 g/mol. The van der Waals surface area contributed by atoms with Gasteiger partial charge in [0.15, 0.2) is 5.78 Å². The van der Waals surface area contributed by atoms with Gasteiger partial charge in [0.1, 0.15) is 6.10 Å². The predicted molar refractivity (Wildman–Crippen MR) is 73.6 cm³/mol. The summed E-state index contributed by atoms with van der Waals surface area (Å²) < 4.78 is 5.79. The molecule has 0 aromatic heterocycles. The third-order valence-electron chi connectivity index (χ3n) is 3.61. The maximum atomic E-state index is 11.9. The highest BCUT2D eigenvalue weighted by atomic mass is 16.5. The minimum Gasteiger partial charge on any atom is -0.390 e. The Labute approximate surface area is 113 Å². The van der Waals surface area contributed by atoms with Crippen LogP contribution in [0.25, 0.3) is 0 Å². The Balaban J connectivity index is 2.09. The number of ketones is 1. The van der Waals surface area contributed by atoms with Gasteiger partial charge in [-0.1, -0.05) is 43.3 Å². The Kier molecular flexibility index (Phi) is 4.51. The van der Waals surface area contributed by atoms with Crippen molar-refractivity contribution in [2.24, 2.45) is 5.92 Å². The van der Waals surface area contributed by atoms with E-state index >= 15 is 0 Å². The van der Waals surface area contributed by atoms with Crippen molar-refractivity contribution in [3.63, 3.8) is 0 Å². The first kappa shape index (κ1) is 14.0. The summed E-state index contributed by atoms with van der Waals surface area (Å²) in [7, 11) is 0. The van der Waals surface area contributed by atoms with E-state index < -0.39 is 12.2 Å². The highest BCUT2D eigenvalue weighted by Gasteiger charge is 2.37. The lowest BCUT2D eigenvalue weighted by atomic mass is 9.81. The van der Waals surface area contributed by atoms with E-state index in [-0.39, 0.29) is 11.7 Å². The van der Waals surface area contributed by atoms with Crippen molar-refractivity contribution in [3.8, 4) is 0 Å². The van der Waals surface area contributed by atoms with Crippen molar-refractivity contribution in [2.45, 2.75) is 39.1 Å². The Morgan fingerprint density at radius 3 is 2.68 bits per heavy atom. The first-order valence-electron chi connectivity index (χ1n) is 6.66. The topological polar surface area (TPSA) is 46.5 Å². The molecule has 0 unspecified atom stereocenters. The van der Waals surface area contributed by atoms with Crippen molar-refractivity contribution in [2.75, 3.05) is 0 Å². The molecule has 0 aliphatic heterocycles. The number of benzene rings is 1. The molecule has 1 N–H and O–H groups in total. The zero-order chi connectivity index (χ0) is 13.8. The van der Waals surface area contributed by atoms with Crippen LogP contribution in [0.4, 0.5) is 0 Å². The van der Waals surface area contributed by atoms with E-state index in [1.807, 2.05) is 44.2 Å². The van der Waals surface area contributed by atoms with Crippen molar-refractivity contribution in [1.82, 2.24) is 0 Å². The second kappa shape index (κ2) is 6.13. The van der Waals surface area contributed by atoms with Crippen LogP contribution in [-0.4, -0.2) is 23.1 Å². The highest BCUT2D eigenvalue weighted by molar-refractivity contribution is 5.97. The van der Waals surface area contributed by atoms with E-state index in [1.54, 1.807) is 6.08 Å². The quantitative estimate of drug-likeness (QED) is 0.849. The number of rotatable bonds is 3. The standard InChI is InChI=1S/C16H20O3/c1-3-13-14(17)9-11(2)15(18)16(13)19-10-12-7-5-4-6-8-12/h3-8,11,15-16,18H,9-10H2,1-2H3/b13-3-/t11-,15-,16-/m1/s1. The molecule has 3 atom stereocenters. The van der Waals surface area contributed by atoms with Crippen molar-refractivity contribution in [1.29, 1.82) is 0 Å². The Hall–Kier alpha value is -1.45. The van der Waals surface area contributed by atoms with Gasteiger partial charge >= 0.3 is 0 Å². The SMILES string of the molecule is C/C=C1/C(=O)C[C@@H](C)[C@@H](O)[C@@H]1OCc1ccccc1. The third kappa shape index (κ3) is 3.11. The van der Waals surface area contributed by atoms with Gasteiger partial charge in [-0.3, -0.25) is 4.79 Å². The van der Waals surface area contributed by atoms with Crippen molar-refractivity contribution < 1.29 is 14.6 Å². The summed E-state index contributed by atoms with van der Waals surface area (Å²) in [6, 6.07) is 9.77. The normalized spacial score (nSPS) is 29.7. The van der Waals surface area contributed by atoms with Gasteiger partial charge in [-0.2, -0.15) is 0 Å². The summed E-state index contributed by atoms with van der Waals surface area (Å²) in [6.45, 7) is 4.10. The fraction of sp³-hybridized carbons (Fsp3) is 0.438. The van der Waals surface area contributed by atoms with Crippen LogP contribution in [0, 0.1) is 5.92 Å². The van der Waals surface area contributed by atoms with Gasteiger partial charge in [0.25, 0.3) is 0 Å². The maximum absolute atomic E-state index is 11.9. The fourth-order valence-corrected chi connectivity index (χ4v) is 2.45. The molecule has 0 radical (unpaired) electrons. The highest BCUT2D eigenvalue weighted by Crippen LogP contribution is 2.29. The lowest BCUT2D eigenvalue weighted by molar-refractivity contribution is -0.127. The molecule has 0 heterocycles. The average molecular weight is 260 g/mol. The van der Waals surface area contributed by atoms with Crippen LogP contribution in [0.2, 0.25) is 0 Å². The lowest BCUT2D eigenvalue weighted by Crippen LogP contribution is -2.43. The summed E-state index contributed by atoms with van der Waals surface area (Å²) in [4.78, 5) is 11.9. The summed E-state index contributed by atoms with van der Waals surface area (Å²) in [5.74, 6) is 0.0235. The van der Waals surface area contributed by atoms with E-state index in [9.17, 15) is 9.90 Å². The molecule has 1 aromatic carbocycles. The van der Waals surface area contributed by atoms with E-state index in [0.717, 1.165) is 5.56 Å². The van der Waals surface area contributed by atoms with Crippen LogP contribution in [0.15, 0.2) is 42.0 Å². The smallest absolute Gasteiger partial charge is 0.161 e. The number of hydrogen-bond donors (Lipinski definition) is 1. The molecule has 3 heteroatoms. The molecule has 1 aliphatic carbocycles. The molecule has 3 nitrogen and oxygen atoms in total. The van der Waals surface area contributed by atoms with Crippen LogP contribution >= 0.6 is 0 Å². The number of hydrogen-bond acceptors (Lipinski definition) is 3. The molecule has 2 rings (SSSR count). The molecule has 0 bridgehead atoms. The van der Waals surface area contributed by atoms with Crippen molar-refractivity contribution in [3.05, 3.63) is 47.5 Å². The van der Waals surface area contributed by atoms with Crippen LogP contribution in [0.5, 0.6) is 0 Å². The molecule has 1 fully saturated rings. The van der Waals surface area contributed by atoms with Crippen LogP contribution < -0.4 is 0 Å². The molecule has 1 saturated carbocycles. The Bertz CT molecular complexity index is 464. The number of carbonyl (C=O) groups is 1. The second-order valence-corrected chi connectivity index (χ2v) is 5.06. The molecule has 1 aromatic rings. The zero-order valence-corrected chi connectivity index (χ0v) is 11.4. The minimum absolute atomic E-state index is 0.0584. The molecule has 0 amide bonds. The minimum atomic E-state index is -0.618. The molecular weight excluding hydrogens is 240 g/mol. The number of carbonyl (C=O) groups excluding carboxylic acids is 1. The number of ether oxygens (including phenoxy) is 1. The van der Waals surface area contributed by atoms with Crippen molar-refractivity contribution >= 4 is 5.78 Å². The summed E-state index contributed by atoms with van der Waals surface area (Å²) in [6.07, 6.45) is 1.02. The maximum Gasteiger partial charge on any atom is 0.161 e. The third-order valence-corrected chi connectivity index (χ3v) is 3.61. The largest absolute Gasteiger partial charge is 0.390 e. The van der Waals surface area contributed by atoms with E-state index in [4.69, 9.17) is 4.74 Å². The van der Waals surface area contributed by atoms with Crippen LogP contribution in [0.3, 0.4) is 0 Å². The molecule has 0 saturated heterocycles. The number of Topliss-reactive ketones (excluding diaryl/α,β-unsaturated/α-hetero) is 1. The fourth-order valence-electron chi connectivity index (χ4n) is 2.45. The summed E-state index contributed by atoms with van der Waals surface area (Å²) in [5, 5.41) is 10.2. The zero-order valence-electron chi connectivity index (χ0n) is 11.4. The molecule has 1 aliphatic rings. The Morgan fingerprint density at radius 1 is 1.37 bits per heavy atom. The van der Waals surface area contributed by atoms with Gasteiger partial charge < -0.3 is 9.84 Å². The Morgan fingerprint density at radius 2 is 2.05 bits per heavy atom. The molecular formula is C16H20O3. The van der Waals surface area contributed by atoms with E-state index in [1.165, 1.54) is 0 Å². The lowest BCUT2D eigenvalue weighted by Gasteiger charge is -2.33. The van der Waals surface area contributed by atoms with E-state index in [2.05, 4.69) is 0 Å². The predicted octanol–water partition coefficient (Wildman–Crippen LogP) is 2.49. The van der Waals surface area contributed by atoms with Gasteiger partial charge in [-0.15, -0.1) is 0 Å². The number of aliphatic hydroxyl groups excluding tert-OH is 1. The first-order valence-corrected chi connectivity index (χ1v) is 6.66. The molecule has 19 heavy (non-hydrogen) atoms. The molecule has 0 spiro atoms. The van der Waals surface area contributed by atoms with Gasteiger partial charge in [-0.05, 0) is 18.4 Å². The number of allylic oxidation sites excluding steroid dienone is 1. The summed E-state index contributed by atoms with van der Waals surface area (Å²) in [5.41, 5.74) is 1.64. The van der Waals surface area contributed by atoms with Gasteiger partial charge in [-0.25, -0.2) is 0 Å². The number of aliphatic hydroxyl groups is 1. The van der Waals surface area contributed by atoms with E-state index in [0.29, 0.717) is 18.6 Å². The molecule has 102 valence electrons. The van der Waals surface area contributed by atoms with Gasteiger partial charge in [0, 0.05) is 12.0 Å². The summed E-state index contributed by atoms with van der Waals surface area (Å²) >= 11 is 0. The van der Waals surface area contributed by atoms with Gasteiger partial charge in [0.05, 0.1) is 12.7 Å². The van der Waals surface area contributed by atoms with Gasteiger partial charge in [0.2, 0.25) is 0 Å². The van der Waals surface area contributed by atoms with Crippen LogP contribution in [-0.2, 0) is 16.1 Å². The average Bonchev–Trinajstić information content (AvgIpc) is 2.42. The first-order chi connectivity index (χ1) is 9.13. The van der Waals surface area contributed by atoms with Crippen LogP contribution in [0.1, 0.15) is 25.8 Å². The second-order valence-electron chi connectivity index (χ2n) is 5.06.